The summed E-state index contributed by atoms with van der Waals surface area (Å²) < 4.78 is 0. The molecule has 0 spiro atoms. The van der Waals surface area contributed by atoms with Crippen LogP contribution in [0.2, 0.25) is 0 Å². The highest BCUT2D eigenvalue weighted by molar-refractivity contribution is 6.68. The monoisotopic (exact) mass is 238 g/mol. The number of halogens is 1. The number of carbonyl (C=O) groups is 1. The molecule has 0 amide bonds. The average Bonchev–Trinajstić information content (AvgIpc) is 2.30. The minimum atomic E-state index is -0.380. The van der Waals surface area contributed by atoms with Crippen LogP contribution in [-0.4, -0.2) is 31.4 Å². The molecule has 2 rings (SSSR count). The Bertz CT molecular complexity index is 400. The summed E-state index contributed by atoms with van der Waals surface area (Å²) in [7, 11) is 0. The van der Waals surface area contributed by atoms with Gasteiger partial charge in [-0.25, -0.2) is 0 Å². The van der Waals surface area contributed by atoms with Crippen LogP contribution < -0.4 is 10.2 Å². The van der Waals surface area contributed by atoms with Crippen molar-refractivity contribution < 1.29 is 4.79 Å². The maximum atomic E-state index is 11.2. The average molecular weight is 239 g/mol. The van der Waals surface area contributed by atoms with E-state index in [1.807, 2.05) is 19.1 Å². The molecular formula is C12H15ClN2O. The van der Waals surface area contributed by atoms with E-state index in [2.05, 4.69) is 10.2 Å². The highest BCUT2D eigenvalue weighted by Crippen LogP contribution is 2.24. The topological polar surface area (TPSA) is 32.3 Å². The van der Waals surface area contributed by atoms with Crippen LogP contribution in [0.3, 0.4) is 0 Å². The lowest BCUT2D eigenvalue weighted by molar-refractivity contribution is 0.108. The fourth-order valence-corrected chi connectivity index (χ4v) is 2.29. The summed E-state index contributed by atoms with van der Waals surface area (Å²) in [6, 6.07) is 5.71. The number of hydrogen-bond donors (Lipinski definition) is 1. The van der Waals surface area contributed by atoms with Crippen molar-refractivity contribution in [3.8, 4) is 0 Å². The normalized spacial score (nSPS) is 16.2. The minimum absolute atomic E-state index is 0.380. The lowest BCUT2D eigenvalue weighted by Crippen LogP contribution is -2.43. The van der Waals surface area contributed by atoms with Crippen LogP contribution in [0.25, 0.3) is 0 Å². The van der Waals surface area contributed by atoms with Crippen LogP contribution in [0.5, 0.6) is 0 Å². The van der Waals surface area contributed by atoms with Crippen molar-refractivity contribution in [2.24, 2.45) is 0 Å². The Morgan fingerprint density at radius 3 is 2.69 bits per heavy atom. The van der Waals surface area contributed by atoms with Gasteiger partial charge in [0.15, 0.2) is 0 Å². The Labute approximate surface area is 100 Å². The van der Waals surface area contributed by atoms with Crippen molar-refractivity contribution in [1.82, 2.24) is 5.32 Å². The molecule has 86 valence electrons. The van der Waals surface area contributed by atoms with Crippen LogP contribution in [-0.2, 0) is 0 Å². The Balaban J connectivity index is 2.33. The van der Waals surface area contributed by atoms with Gasteiger partial charge in [0.05, 0.1) is 0 Å². The van der Waals surface area contributed by atoms with E-state index in [1.54, 1.807) is 6.07 Å². The van der Waals surface area contributed by atoms with E-state index in [4.69, 9.17) is 11.6 Å². The summed E-state index contributed by atoms with van der Waals surface area (Å²) in [5.41, 5.74) is 2.70. The standard InChI is InChI=1S/C12H15ClN2O/c1-9-10(12(13)16)3-2-4-11(9)15-7-5-14-6-8-15/h2-4,14H,5-8H2,1H3. The third kappa shape index (κ3) is 2.20. The molecule has 0 atom stereocenters. The molecule has 1 aromatic rings. The summed E-state index contributed by atoms with van der Waals surface area (Å²) >= 11 is 5.55. The number of carbonyl (C=O) groups excluding carboxylic acids is 1. The second kappa shape index (κ2) is 4.85. The van der Waals surface area contributed by atoms with E-state index >= 15 is 0 Å². The maximum absolute atomic E-state index is 11.2. The van der Waals surface area contributed by atoms with E-state index in [9.17, 15) is 4.79 Å². The molecular weight excluding hydrogens is 224 g/mol. The molecule has 16 heavy (non-hydrogen) atoms. The molecule has 1 aliphatic heterocycles. The van der Waals surface area contributed by atoms with Crippen LogP contribution in [0.1, 0.15) is 15.9 Å². The molecule has 1 N–H and O–H groups in total. The summed E-state index contributed by atoms with van der Waals surface area (Å²) in [4.78, 5) is 13.5. The Morgan fingerprint density at radius 2 is 2.06 bits per heavy atom. The van der Waals surface area contributed by atoms with Crippen LogP contribution >= 0.6 is 11.6 Å². The highest BCUT2D eigenvalue weighted by Gasteiger charge is 2.15. The molecule has 1 aromatic carbocycles. The van der Waals surface area contributed by atoms with Gasteiger partial charge in [-0.3, -0.25) is 4.79 Å². The van der Waals surface area contributed by atoms with Crippen molar-refractivity contribution in [2.45, 2.75) is 6.92 Å². The number of piperazine rings is 1. The van der Waals surface area contributed by atoms with Crippen molar-refractivity contribution in [2.75, 3.05) is 31.1 Å². The second-order valence-electron chi connectivity index (χ2n) is 3.96. The maximum Gasteiger partial charge on any atom is 0.252 e. The molecule has 1 aliphatic rings. The summed E-state index contributed by atoms with van der Waals surface area (Å²) in [6.45, 7) is 5.87. The van der Waals surface area contributed by atoms with Gasteiger partial charge >= 0.3 is 0 Å². The first-order valence-corrected chi connectivity index (χ1v) is 5.83. The van der Waals surface area contributed by atoms with Gasteiger partial charge in [0.1, 0.15) is 0 Å². The predicted octanol–water partition coefficient (Wildman–Crippen LogP) is 1.78. The first-order valence-electron chi connectivity index (χ1n) is 5.45. The van der Waals surface area contributed by atoms with Gasteiger partial charge in [-0.15, -0.1) is 0 Å². The van der Waals surface area contributed by atoms with Gasteiger partial charge in [-0.2, -0.15) is 0 Å². The quantitative estimate of drug-likeness (QED) is 0.798. The van der Waals surface area contributed by atoms with E-state index < -0.39 is 0 Å². The molecule has 1 fully saturated rings. The molecule has 0 aliphatic carbocycles. The van der Waals surface area contributed by atoms with Gasteiger partial charge in [-0.05, 0) is 36.2 Å². The van der Waals surface area contributed by atoms with Crippen molar-refractivity contribution >= 4 is 22.5 Å². The van der Waals surface area contributed by atoms with Gasteiger partial charge in [0, 0.05) is 37.4 Å². The molecule has 0 unspecified atom stereocenters. The number of rotatable bonds is 2. The van der Waals surface area contributed by atoms with Crippen LogP contribution in [0.15, 0.2) is 18.2 Å². The van der Waals surface area contributed by atoms with Crippen LogP contribution in [0, 0.1) is 6.92 Å². The first kappa shape index (κ1) is 11.4. The first-order chi connectivity index (χ1) is 7.70. The summed E-state index contributed by atoms with van der Waals surface area (Å²) in [6.07, 6.45) is 0. The van der Waals surface area contributed by atoms with Crippen LogP contribution in [0.4, 0.5) is 5.69 Å². The van der Waals surface area contributed by atoms with Crippen molar-refractivity contribution in [3.63, 3.8) is 0 Å². The van der Waals surface area contributed by atoms with Gasteiger partial charge in [0.2, 0.25) is 0 Å². The van der Waals surface area contributed by atoms with Crippen molar-refractivity contribution in [3.05, 3.63) is 29.3 Å². The van der Waals surface area contributed by atoms with Gasteiger partial charge in [-0.1, -0.05) is 6.07 Å². The van der Waals surface area contributed by atoms with E-state index in [-0.39, 0.29) is 5.24 Å². The van der Waals surface area contributed by atoms with E-state index in [0.29, 0.717) is 5.56 Å². The molecule has 0 aromatic heterocycles. The lowest BCUT2D eigenvalue weighted by atomic mass is 10.1. The largest absolute Gasteiger partial charge is 0.369 e. The molecule has 4 heteroatoms. The molecule has 0 saturated carbocycles. The zero-order valence-corrected chi connectivity index (χ0v) is 10.0. The number of nitrogens with one attached hydrogen (secondary N) is 1. The lowest BCUT2D eigenvalue weighted by Gasteiger charge is -2.31. The number of nitrogens with zero attached hydrogens (tertiary/aromatic N) is 1. The predicted molar refractivity (Wildman–Crippen MR) is 66.4 cm³/mol. The Morgan fingerprint density at radius 1 is 1.38 bits per heavy atom. The SMILES string of the molecule is Cc1c(C(=O)Cl)cccc1N1CCNCC1. The summed E-state index contributed by atoms with van der Waals surface area (Å²) in [5, 5.41) is 2.93. The number of anilines is 1. The molecule has 0 bridgehead atoms. The minimum Gasteiger partial charge on any atom is -0.369 e. The highest BCUT2D eigenvalue weighted by atomic mass is 35.5. The summed E-state index contributed by atoms with van der Waals surface area (Å²) in [5.74, 6) is 0. The van der Waals surface area contributed by atoms with Gasteiger partial charge in [0.25, 0.3) is 5.24 Å². The number of hydrogen-bond acceptors (Lipinski definition) is 3. The smallest absolute Gasteiger partial charge is 0.252 e. The van der Waals surface area contributed by atoms with E-state index in [1.165, 1.54) is 0 Å². The third-order valence-corrected chi connectivity index (χ3v) is 3.18. The Kier molecular flexibility index (Phi) is 3.46. The second-order valence-corrected chi connectivity index (χ2v) is 4.30. The zero-order chi connectivity index (χ0) is 11.5. The van der Waals surface area contributed by atoms with Gasteiger partial charge < -0.3 is 10.2 Å². The Hall–Kier alpha value is -1.06. The zero-order valence-electron chi connectivity index (χ0n) is 9.29. The fourth-order valence-electron chi connectivity index (χ4n) is 2.08. The van der Waals surface area contributed by atoms with E-state index in [0.717, 1.165) is 37.4 Å². The molecule has 1 saturated heterocycles. The number of benzene rings is 1. The molecule has 0 radical (unpaired) electrons. The molecule has 1 heterocycles. The molecule has 3 nitrogen and oxygen atoms in total. The fraction of sp³-hybridized carbons (Fsp3) is 0.417. The van der Waals surface area contributed by atoms with Crippen molar-refractivity contribution in [1.29, 1.82) is 0 Å². The third-order valence-electron chi connectivity index (χ3n) is 2.97.